The molecule has 0 aliphatic heterocycles. The van der Waals surface area contributed by atoms with E-state index in [0.717, 1.165) is 12.1 Å². The lowest BCUT2D eigenvalue weighted by molar-refractivity contribution is -0.192. The molecule has 0 saturated carbocycles. The van der Waals surface area contributed by atoms with Crippen LogP contribution >= 0.6 is 0 Å². The number of carbonyl (C=O) groups is 2. The van der Waals surface area contributed by atoms with Crippen LogP contribution in [0.1, 0.15) is 19.4 Å². The van der Waals surface area contributed by atoms with Crippen molar-refractivity contribution < 1.29 is 33.0 Å². The molecule has 0 fully saturated rings. The molecule has 0 unspecified atom stereocenters. The van der Waals surface area contributed by atoms with Crippen molar-refractivity contribution in [3.63, 3.8) is 0 Å². The summed E-state index contributed by atoms with van der Waals surface area (Å²) in [5, 5.41) is 22.3. The average molecular weight is 336 g/mol. The van der Waals surface area contributed by atoms with E-state index in [1.807, 2.05) is 31.3 Å². The molecular weight excluding hydrogens is 317 g/mol. The van der Waals surface area contributed by atoms with Gasteiger partial charge in [0.2, 0.25) is 0 Å². The van der Waals surface area contributed by atoms with Crippen LogP contribution in [0.3, 0.4) is 0 Å². The minimum absolute atomic E-state index is 0.408. The van der Waals surface area contributed by atoms with Gasteiger partial charge in [-0.1, -0.05) is 12.1 Å². The van der Waals surface area contributed by atoms with Crippen molar-refractivity contribution in [1.82, 2.24) is 5.32 Å². The minimum Gasteiger partial charge on any atom is -0.475 e. The highest BCUT2D eigenvalue weighted by Crippen LogP contribution is 2.13. The van der Waals surface area contributed by atoms with Crippen LogP contribution in [0.25, 0.3) is 0 Å². The zero-order valence-corrected chi connectivity index (χ0v) is 12.9. The third-order valence-corrected chi connectivity index (χ3v) is 2.39. The number of aliphatic hydroxyl groups is 1. The average Bonchev–Trinajstić information content (AvgIpc) is 2.40. The number of halogens is 3. The van der Waals surface area contributed by atoms with Crippen molar-refractivity contribution in [1.29, 1.82) is 0 Å². The predicted molar refractivity (Wildman–Crippen MR) is 77.8 cm³/mol. The number of hydrogen-bond acceptors (Lipinski definition) is 4. The van der Waals surface area contributed by atoms with Gasteiger partial charge >= 0.3 is 12.1 Å². The van der Waals surface area contributed by atoms with Crippen LogP contribution in [0.4, 0.5) is 18.9 Å². The Morgan fingerprint density at radius 3 is 1.87 bits per heavy atom. The Bertz CT molecular complexity index is 522. The molecule has 0 radical (unpaired) electrons. The largest absolute Gasteiger partial charge is 0.490 e. The van der Waals surface area contributed by atoms with E-state index in [1.54, 1.807) is 0 Å². The molecule has 0 heterocycles. The van der Waals surface area contributed by atoms with E-state index in [1.165, 1.54) is 13.8 Å². The van der Waals surface area contributed by atoms with Gasteiger partial charge in [0.25, 0.3) is 5.91 Å². The second kappa shape index (κ2) is 8.49. The number of anilines is 1. The number of nitrogens with one attached hydrogen (secondary N) is 2. The van der Waals surface area contributed by atoms with Gasteiger partial charge in [-0.3, -0.25) is 4.79 Å². The van der Waals surface area contributed by atoms with Gasteiger partial charge in [0.05, 0.1) is 0 Å². The van der Waals surface area contributed by atoms with Crippen molar-refractivity contribution in [3.8, 4) is 0 Å². The molecule has 6 nitrogen and oxygen atoms in total. The summed E-state index contributed by atoms with van der Waals surface area (Å²) >= 11 is 0. The number of carboxylic acids is 1. The Morgan fingerprint density at radius 2 is 1.57 bits per heavy atom. The summed E-state index contributed by atoms with van der Waals surface area (Å²) in [6.07, 6.45) is -5.08. The van der Waals surface area contributed by atoms with E-state index >= 15 is 0 Å². The molecule has 1 aromatic rings. The van der Waals surface area contributed by atoms with Crippen molar-refractivity contribution in [2.24, 2.45) is 0 Å². The van der Waals surface area contributed by atoms with Gasteiger partial charge in [-0.05, 0) is 38.6 Å². The Hall–Kier alpha value is -2.13. The summed E-state index contributed by atoms with van der Waals surface area (Å²) < 4.78 is 31.7. The molecule has 0 atom stereocenters. The molecule has 0 bridgehead atoms. The molecule has 0 aliphatic rings. The van der Waals surface area contributed by atoms with Crippen LogP contribution in [0.5, 0.6) is 0 Å². The molecule has 1 amide bonds. The van der Waals surface area contributed by atoms with Crippen LogP contribution in [0.15, 0.2) is 24.3 Å². The first-order valence-electron chi connectivity index (χ1n) is 6.45. The minimum atomic E-state index is -5.08. The molecule has 0 aliphatic carbocycles. The number of carboxylic acid groups (broad SMARTS) is 1. The highest BCUT2D eigenvalue weighted by molar-refractivity contribution is 5.96. The number of aliphatic carboxylic acids is 1. The SMILES string of the molecule is CNCc1ccc(NC(=O)C(C)(C)O)cc1.O=C(O)C(F)(F)F. The molecule has 1 aromatic carbocycles. The topological polar surface area (TPSA) is 98.7 Å². The van der Waals surface area contributed by atoms with Crippen LogP contribution < -0.4 is 10.6 Å². The first-order chi connectivity index (χ1) is 10.4. The molecule has 130 valence electrons. The Balaban J connectivity index is 0.000000585. The van der Waals surface area contributed by atoms with Gasteiger partial charge in [-0.25, -0.2) is 4.79 Å². The summed E-state index contributed by atoms with van der Waals surface area (Å²) in [5.41, 5.74) is 0.472. The van der Waals surface area contributed by atoms with Crippen molar-refractivity contribution in [2.75, 3.05) is 12.4 Å². The van der Waals surface area contributed by atoms with E-state index in [4.69, 9.17) is 9.90 Å². The lowest BCUT2D eigenvalue weighted by Crippen LogP contribution is -2.36. The fourth-order valence-electron chi connectivity index (χ4n) is 1.19. The zero-order valence-electron chi connectivity index (χ0n) is 12.9. The molecular formula is C14H19F3N2O4. The number of hydrogen-bond donors (Lipinski definition) is 4. The summed E-state index contributed by atoms with van der Waals surface area (Å²) in [6, 6.07) is 7.49. The van der Waals surface area contributed by atoms with E-state index in [2.05, 4.69) is 10.6 Å². The van der Waals surface area contributed by atoms with Gasteiger partial charge in [-0.2, -0.15) is 13.2 Å². The van der Waals surface area contributed by atoms with E-state index in [9.17, 15) is 23.1 Å². The van der Waals surface area contributed by atoms with E-state index < -0.39 is 23.7 Å². The van der Waals surface area contributed by atoms with Crippen LogP contribution in [-0.2, 0) is 16.1 Å². The molecule has 9 heteroatoms. The lowest BCUT2D eigenvalue weighted by Gasteiger charge is -2.16. The van der Waals surface area contributed by atoms with E-state index in [0.29, 0.717) is 5.69 Å². The van der Waals surface area contributed by atoms with Crippen LogP contribution in [0, 0.1) is 0 Å². The number of benzene rings is 1. The summed E-state index contributed by atoms with van der Waals surface area (Å²) in [6.45, 7) is 3.70. The van der Waals surface area contributed by atoms with Gasteiger partial charge in [-0.15, -0.1) is 0 Å². The number of amides is 1. The quantitative estimate of drug-likeness (QED) is 0.671. The second-order valence-electron chi connectivity index (χ2n) is 5.04. The first-order valence-corrected chi connectivity index (χ1v) is 6.45. The number of alkyl halides is 3. The van der Waals surface area contributed by atoms with Crippen LogP contribution in [0.2, 0.25) is 0 Å². The number of carbonyl (C=O) groups excluding carboxylic acids is 1. The first kappa shape index (κ1) is 20.9. The maximum Gasteiger partial charge on any atom is 0.490 e. The molecule has 0 spiro atoms. The normalized spacial score (nSPS) is 11.3. The number of rotatable bonds is 4. The summed E-state index contributed by atoms with van der Waals surface area (Å²) in [5.74, 6) is -3.17. The molecule has 23 heavy (non-hydrogen) atoms. The highest BCUT2D eigenvalue weighted by atomic mass is 19.4. The molecule has 1 rings (SSSR count). The smallest absolute Gasteiger partial charge is 0.475 e. The summed E-state index contributed by atoms with van der Waals surface area (Å²) in [7, 11) is 1.88. The fraction of sp³-hybridized carbons (Fsp3) is 0.429. The monoisotopic (exact) mass is 336 g/mol. The van der Waals surface area contributed by atoms with Gasteiger partial charge in [0, 0.05) is 12.2 Å². The zero-order chi connectivity index (χ0) is 18.3. The van der Waals surface area contributed by atoms with Crippen molar-refractivity contribution in [3.05, 3.63) is 29.8 Å². The maximum atomic E-state index is 11.5. The molecule has 0 saturated heterocycles. The van der Waals surface area contributed by atoms with Crippen molar-refractivity contribution >= 4 is 17.6 Å². The third-order valence-electron chi connectivity index (χ3n) is 2.39. The lowest BCUT2D eigenvalue weighted by atomic mass is 10.1. The van der Waals surface area contributed by atoms with Gasteiger partial charge in [0.15, 0.2) is 0 Å². The molecule has 0 aromatic heterocycles. The maximum absolute atomic E-state index is 11.5. The Morgan fingerprint density at radius 1 is 1.13 bits per heavy atom. The highest BCUT2D eigenvalue weighted by Gasteiger charge is 2.38. The van der Waals surface area contributed by atoms with Gasteiger partial charge in [0.1, 0.15) is 5.60 Å². The third kappa shape index (κ3) is 8.79. The Labute approximate surface area is 131 Å². The van der Waals surface area contributed by atoms with Gasteiger partial charge < -0.3 is 20.8 Å². The van der Waals surface area contributed by atoms with E-state index in [-0.39, 0.29) is 0 Å². The standard InChI is InChI=1S/C12H18N2O2.C2HF3O2/c1-12(2,16)11(15)14-10-6-4-9(5-7-10)8-13-3;3-2(4,5)1(6)7/h4-7,13,16H,8H2,1-3H3,(H,14,15);(H,6,7). The summed E-state index contributed by atoms with van der Waals surface area (Å²) in [4.78, 5) is 20.4. The fourth-order valence-corrected chi connectivity index (χ4v) is 1.19. The molecule has 4 N–H and O–H groups in total. The van der Waals surface area contributed by atoms with Crippen LogP contribution in [-0.4, -0.2) is 40.9 Å². The Kier molecular flexibility index (Phi) is 7.70. The van der Waals surface area contributed by atoms with Crippen molar-refractivity contribution in [2.45, 2.75) is 32.2 Å². The predicted octanol–water partition coefficient (Wildman–Crippen LogP) is 1.75. The second-order valence-corrected chi connectivity index (χ2v) is 5.04.